The Labute approximate surface area is 116 Å². The van der Waals surface area contributed by atoms with E-state index in [0.29, 0.717) is 4.88 Å². The Morgan fingerprint density at radius 3 is 2.37 bits per heavy atom. The molecule has 3 N–H and O–H groups in total. The molecule has 19 heavy (non-hydrogen) atoms. The predicted octanol–water partition coefficient (Wildman–Crippen LogP) is 1.19. The van der Waals surface area contributed by atoms with E-state index < -0.39 is 27.6 Å². The number of thiophene rings is 1. The predicted molar refractivity (Wildman–Crippen MR) is 72.1 cm³/mol. The van der Waals surface area contributed by atoms with Crippen LogP contribution in [0.15, 0.2) is 11.0 Å². The van der Waals surface area contributed by atoms with Gasteiger partial charge in [-0.05, 0) is 33.8 Å². The number of hydrogen-bond donors (Lipinski definition) is 3. The SMILES string of the molecule is Cc1sc(C(=O)O)cc1S(=O)(=O)NC(C)(C)C(C)O. The molecule has 8 heteroatoms. The first-order valence-electron chi connectivity index (χ1n) is 5.53. The molecule has 0 spiro atoms. The molecule has 1 aromatic heterocycles. The average Bonchev–Trinajstić information content (AvgIpc) is 2.59. The normalized spacial score (nSPS) is 14.4. The fourth-order valence-corrected chi connectivity index (χ4v) is 4.23. The van der Waals surface area contributed by atoms with Gasteiger partial charge in [-0.1, -0.05) is 0 Å². The second-order valence-corrected chi connectivity index (χ2v) is 7.75. The highest BCUT2D eigenvalue weighted by Crippen LogP contribution is 2.27. The summed E-state index contributed by atoms with van der Waals surface area (Å²) in [6.07, 6.45) is -0.889. The van der Waals surface area contributed by atoms with E-state index >= 15 is 0 Å². The van der Waals surface area contributed by atoms with Gasteiger partial charge in [-0.15, -0.1) is 11.3 Å². The number of aliphatic hydroxyl groups is 1. The van der Waals surface area contributed by atoms with Crippen LogP contribution in [0.1, 0.15) is 35.3 Å². The second-order valence-electron chi connectivity index (χ2n) is 4.84. The zero-order chi connectivity index (χ0) is 15.0. The molecule has 0 bridgehead atoms. The van der Waals surface area contributed by atoms with E-state index in [4.69, 9.17) is 5.11 Å². The zero-order valence-corrected chi connectivity index (χ0v) is 12.7. The zero-order valence-electron chi connectivity index (χ0n) is 11.1. The van der Waals surface area contributed by atoms with E-state index in [1.165, 1.54) is 6.92 Å². The minimum Gasteiger partial charge on any atom is -0.477 e. The summed E-state index contributed by atoms with van der Waals surface area (Å²) < 4.78 is 26.8. The summed E-state index contributed by atoms with van der Waals surface area (Å²) in [5, 5.41) is 18.4. The first kappa shape index (κ1) is 16.1. The maximum absolute atomic E-state index is 12.2. The molecule has 0 saturated heterocycles. The average molecular weight is 307 g/mol. The van der Waals surface area contributed by atoms with Gasteiger partial charge in [0, 0.05) is 4.88 Å². The molecule has 1 heterocycles. The van der Waals surface area contributed by atoms with Crippen molar-refractivity contribution in [2.24, 2.45) is 0 Å². The van der Waals surface area contributed by atoms with Crippen LogP contribution in [-0.2, 0) is 10.0 Å². The first-order chi connectivity index (χ1) is 8.47. The van der Waals surface area contributed by atoms with E-state index in [1.807, 2.05) is 0 Å². The number of hydrogen-bond acceptors (Lipinski definition) is 5. The van der Waals surface area contributed by atoms with E-state index in [2.05, 4.69) is 4.72 Å². The third kappa shape index (κ3) is 3.53. The van der Waals surface area contributed by atoms with Crippen LogP contribution in [0.2, 0.25) is 0 Å². The van der Waals surface area contributed by atoms with Crippen LogP contribution in [0.4, 0.5) is 0 Å². The molecule has 0 aromatic carbocycles. The summed E-state index contributed by atoms with van der Waals surface area (Å²) in [5.41, 5.74) is -1.05. The van der Waals surface area contributed by atoms with Crippen molar-refractivity contribution in [3.8, 4) is 0 Å². The molecule has 0 saturated carbocycles. The number of nitrogens with one attached hydrogen (secondary N) is 1. The molecule has 0 aliphatic carbocycles. The number of rotatable bonds is 5. The topological polar surface area (TPSA) is 104 Å². The second kappa shape index (κ2) is 5.20. The molecular weight excluding hydrogens is 290 g/mol. The molecule has 1 rings (SSSR count). The lowest BCUT2D eigenvalue weighted by Gasteiger charge is -2.28. The molecule has 108 valence electrons. The van der Waals surface area contributed by atoms with Gasteiger partial charge in [-0.3, -0.25) is 0 Å². The van der Waals surface area contributed by atoms with Gasteiger partial charge in [0.05, 0.1) is 16.5 Å². The highest BCUT2D eigenvalue weighted by molar-refractivity contribution is 7.89. The summed E-state index contributed by atoms with van der Waals surface area (Å²) >= 11 is 0.903. The van der Waals surface area contributed by atoms with Gasteiger partial charge in [0.1, 0.15) is 4.88 Å². The lowest BCUT2D eigenvalue weighted by Crippen LogP contribution is -2.50. The first-order valence-corrected chi connectivity index (χ1v) is 7.83. The smallest absolute Gasteiger partial charge is 0.345 e. The number of aliphatic hydroxyl groups excluding tert-OH is 1. The maximum Gasteiger partial charge on any atom is 0.345 e. The van der Waals surface area contributed by atoms with Crippen LogP contribution in [0.25, 0.3) is 0 Å². The number of sulfonamides is 1. The number of aromatic carboxylic acids is 1. The summed E-state index contributed by atoms with van der Waals surface area (Å²) in [7, 11) is -3.87. The quantitative estimate of drug-likeness (QED) is 0.758. The number of carboxylic acid groups (broad SMARTS) is 1. The molecule has 1 unspecified atom stereocenters. The van der Waals surface area contributed by atoms with Gasteiger partial charge in [0.25, 0.3) is 0 Å². The van der Waals surface area contributed by atoms with Crippen LogP contribution < -0.4 is 4.72 Å². The van der Waals surface area contributed by atoms with Gasteiger partial charge in [-0.2, -0.15) is 0 Å². The van der Waals surface area contributed by atoms with Crippen LogP contribution in [-0.4, -0.2) is 36.2 Å². The number of carboxylic acids is 1. The van der Waals surface area contributed by atoms with Crippen LogP contribution in [0, 0.1) is 6.92 Å². The Kier molecular flexibility index (Phi) is 4.40. The molecule has 1 aromatic rings. The van der Waals surface area contributed by atoms with Gasteiger partial charge in [0.2, 0.25) is 10.0 Å². The van der Waals surface area contributed by atoms with Crippen molar-refractivity contribution in [1.29, 1.82) is 0 Å². The Morgan fingerprint density at radius 2 is 2.00 bits per heavy atom. The van der Waals surface area contributed by atoms with E-state index in [9.17, 15) is 18.3 Å². The summed E-state index contributed by atoms with van der Waals surface area (Å²) in [6.45, 7) is 6.12. The fraction of sp³-hybridized carbons (Fsp3) is 0.545. The van der Waals surface area contributed by atoms with Crippen molar-refractivity contribution < 1.29 is 23.4 Å². The lowest BCUT2D eigenvalue weighted by atomic mass is 10.0. The van der Waals surface area contributed by atoms with E-state index in [-0.39, 0.29) is 9.77 Å². The Morgan fingerprint density at radius 1 is 1.47 bits per heavy atom. The highest BCUT2D eigenvalue weighted by Gasteiger charge is 2.32. The van der Waals surface area contributed by atoms with Gasteiger partial charge < -0.3 is 10.2 Å². The van der Waals surface area contributed by atoms with Crippen molar-refractivity contribution >= 4 is 27.3 Å². The van der Waals surface area contributed by atoms with Crippen molar-refractivity contribution in [2.75, 3.05) is 0 Å². The molecular formula is C11H17NO5S2. The van der Waals surface area contributed by atoms with Crippen LogP contribution >= 0.6 is 11.3 Å². The molecule has 6 nitrogen and oxygen atoms in total. The Bertz CT molecular complexity index is 586. The Balaban J connectivity index is 3.18. The maximum atomic E-state index is 12.2. The van der Waals surface area contributed by atoms with Crippen LogP contribution in [0.5, 0.6) is 0 Å². The van der Waals surface area contributed by atoms with E-state index in [0.717, 1.165) is 17.4 Å². The van der Waals surface area contributed by atoms with Crippen molar-refractivity contribution in [1.82, 2.24) is 4.72 Å². The number of carbonyl (C=O) groups is 1. The summed E-state index contributed by atoms with van der Waals surface area (Å²) in [4.78, 5) is 11.1. The summed E-state index contributed by atoms with van der Waals surface area (Å²) in [6, 6.07) is 1.13. The Hall–Kier alpha value is -0.960. The van der Waals surface area contributed by atoms with Gasteiger partial charge in [0.15, 0.2) is 0 Å². The molecule has 0 radical (unpaired) electrons. The van der Waals surface area contributed by atoms with Gasteiger partial charge >= 0.3 is 5.97 Å². The molecule has 0 fully saturated rings. The third-order valence-corrected chi connectivity index (χ3v) is 5.78. The molecule has 0 amide bonds. The number of aryl methyl sites for hydroxylation is 1. The van der Waals surface area contributed by atoms with Crippen molar-refractivity contribution in [2.45, 2.75) is 44.2 Å². The lowest BCUT2D eigenvalue weighted by molar-refractivity contribution is 0.0702. The minimum atomic E-state index is -3.87. The standard InChI is InChI=1S/C11H17NO5S2/c1-6-9(5-8(18-6)10(14)15)19(16,17)12-11(3,4)7(2)13/h5,7,12-13H,1-4H3,(H,14,15). The highest BCUT2D eigenvalue weighted by atomic mass is 32.2. The monoisotopic (exact) mass is 307 g/mol. The molecule has 0 aliphatic heterocycles. The molecule has 0 aliphatic rings. The fourth-order valence-electron chi connectivity index (χ4n) is 1.32. The minimum absolute atomic E-state index is 0.0345. The van der Waals surface area contributed by atoms with E-state index in [1.54, 1.807) is 20.8 Å². The summed E-state index contributed by atoms with van der Waals surface area (Å²) in [5.74, 6) is -1.16. The van der Waals surface area contributed by atoms with Gasteiger partial charge in [-0.25, -0.2) is 17.9 Å². The van der Waals surface area contributed by atoms with Crippen molar-refractivity contribution in [3.05, 3.63) is 15.8 Å². The van der Waals surface area contributed by atoms with Crippen molar-refractivity contribution in [3.63, 3.8) is 0 Å². The third-order valence-electron chi connectivity index (χ3n) is 2.81. The largest absolute Gasteiger partial charge is 0.477 e. The van der Waals surface area contributed by atoms with Crippen LogP contribution in [0.3, 0.4) is 0 Å². The molecule has 1 atom stereocenters.